The van der Waals surface area contributed by atoms with Gasteiger partial charge in [0.05, 0.1) is 35.5 Å². The highest BCUT2D eigenvalue weighted by Gasteiger charge is 2.35. The summed E-state index contributed by atoms with van der Waals surface area (Å²) in [6.45, 7) is 7.21. The standard InChI is InChI=1S/C34H39ClF3N9O4/c1-4-26-29(43-10-11-44(20(3)17-43)27-16-39-46(31(27)49)22-6-5-7-22)32(50)47-33(41-30(42-47)21-8-12-51-13-9-21)45(26)18-28(48)40-25-15-24(35)23(14-19(25)2)34(36,37)38/h8,14-16,20,22,39H,4-7,9-13,17-18H2,1-3H3,(H,40,48)/t20-/m1/s1. The van der Waals surface area contributed by atoms with E-state index in [0.29, 0.717) is 68.6 Å². The first-order valence-corrected chi connectivity index (χ1v) is 17.5. The summed E-state index contributed by atoms with van der Waals surface area (Å²) < 4.78 is 50.4. The molecule has 0 unspecified atom stereocenters. The molecule has 0 spiro atoms. The third-order valence-corrected chi connectivity index (χ3v) is 10.4. The second kappa shape index (κ2) is 13.5. The number of hydrogen-bond donors (Lipinski definition) is 2. The largest absolute Gasteiger partial charge is 0.417 e. The van der Waals surface area contributed by atoms with Crippen molar-refractivity contribution in [1.29, 1.82) is 0 Å². The van der Waals surface area contributed by atoms with Crippen molar-refractivity contribution in [2.75, 3.05) is 48.0 Å². The van der Waals surface area contributed by atoms with E-state index in [0.717, 1.165) is 37.0 Å². The summed E-state index contributed by atoms with van der Waals surface area (Å²) in [5.74, 6) is -0.0401. The van der Waals surface area contributed by atoms with Crippen molar-refractivity contribution in [2.24, 2.45) is 0 Å². The third-order valence-electron chi connectivity index (χ3n) is 10.1. The van der Waals surface area contributed by atoms with Crippen LogP contribution in [0.4, 0.5) is 30.2 Å². The van der Waals surface area contributed by atoms with E-state index in [2.05, 4.69) is 20.4 Å². The lowest BCUT2D eigenvalue weighted by Crippen LogP contribution is -2.55. The van der Waals surface area contributed by atoms with E-state index >= 15 is 0 Å². The third kappa shape index (κ3) is 6.43. The monoisotopic (exact) mass is 729 g/mol. The van der Waals surface area contributed by atoms with Crippen LogP contribution in [0.1, 0.15) is 68.2 Å². The van der Waals surface area contributed by atoms with Crippen molar-refractivity contribution in [3.63, 3.8) is 0 Å². The highest BCUT2D eigenvalue weighted by atomic mass is 35.5. The minimum Gasteiger partial charge on any atom is -0.377 e. The van der Waals surface area contributed by atoms with Gasteiger partial charge in [-0.3, -0.25) is 14.4 Å². The number of nitrogens with one attached hydrogen (secondary N) is 2. The van der Waals surface area contributed by atoms with Gasteiger partial charge in [0.25, 0.3) is 11.1 Å². The number of piperazine rings is 1. The Morgan fingerprint density at radius 2 is 1.96 bits per heavy atom. The Hall–Kier alpha value is -4.57. The molecule has 17 heteroatoms. The molecule has 0 radical (unpaired) electrons. The molecular weight excluding hydrogens is 691 g/mol. The molecule has 272 valence electrons. The lowest BCUT2D eigenvalue weighted by molar-refractivity contribution is -0.137. The Morgan fingerprint density at radius 1 is 1.18 bits per heavy atom. The maximum absolute atomic E-state index is 14.3. The highest BCUT2D eigenvalue weighted by molar-refractivity contribution is 6.31. The molecule has 2 fully saturated rings. The molecule has 5 heterocycles. The number of ether oxygens (including phenoxy) is 1. The predicted octanol–water partition coefficient (Wildman–Crippen LogP) is 4.81. The molecule has 13 nitrogen and oxygen atoms in total. The second-order valence-corrected chi connectivity index (χ2v) is 13.7. The van der Waals surface area contributed by atoms with Gasteiger partial charge in [0, 0.05) is 37.6 Å². The van der Waals surface area contributed by atoms with E-state index in [1.807, 2.05) is 24.8 Å². The zero-order chi connectivity index (χ0) is 36.2. The van der Waals surface area contributed by atoms with Crippen LogP contribution < -0.4 is 26.2 Å². The highest BCUT2D eigenvalue weighted by Crippen LogP contribution is 2.37. The van der Waals surface area contributed by atoms with Crippen LogP contribution in [0.25, 0.3) is 11.4 Å². The molecule has 1 saturated heterocycles. The first kappa shape index (κ1) is 34.9. The Morgan fingerprint density at radius 3 is 2.61 bits per heavy atom. The van der Waals surface area contributed by atoms with E-state index < -0.39 is 22.7 Å². The SMILES string of the molecule is CCc1c(N2CCN(c3c[nH]n(C4CCC4)c3=O)[C@H](C)C2)c(=O)n2nc(C3=CCOCC3)nc2n1CC(=O)Nc1cc(Cl)c(C(F)(F)F)cc1C. The van der Waals surface area contributed by atoms with E-state index in [4.69, 9.17) is 21.3 Å². The zero-order valence-corrected chi connectivity index (χ0v) is 29.3. The number of aromatic nitrogens is 6. The molecule has 1 atom stereocenters. The van der Waals surface area contributed by atoms with Crippen molar-refractivity contribution in [3.8, 4) is 0 Å². The average Bonchev–Trinajstić information content (AvgIpc) is 3.67. The van der Waals surface area contributed by atoms with Gasteiger partial charge < -0.3 is 29.5 Å². The maximum Gasteiger partial charge on any atom is 0.417 e. The summed E-state index contributed by atoms with van der Waals surface area (Å²) in [7, 11) is 0. The number of rotatable bonds is 8. The molecule has 3 aromatic heterocycles. The normalized spacial score (nSPS) is 18.6. The number of anilines is 3. The maximum atomic E-state index is 14.3. The molecule has 1 saturated carbocycles. The number of aryl methyl sites for hydroxylation is 1. The molecule has 7 rings (SSSR count). The number of fused-ring (bicyclic) bond motifs is 1. The predicted molar refractivity (Wildman–Crippen MR) is 187 cm³/mol. The summed E-state index contributed by atoms with van der Waals surface area (Å²) in [6.07, 6.45) is 2.93. The summed E-state index contributed by atoms with van der Waals surface area (Å²) in [4.78, 5) is 50.1. The Kier molecular flexibility index (Phi) is 9.24. The second-order valence-electron chi connectivity index (χ2n) is 13.3. The Bertz CT molecular complexity index is 2150. The van der Waals surface area contributed by atoms with Crippen molar-refractivity contribution in [1.82, 2.24) is 28.9 Å². The van der Waals surface area contributed by atoms with Gasteiger partial charge in [0.15, 0.2) is 5.82 Å². The van der Waals surface area contributed by atoms with Gasteiger partial charge in [0.2, 0.25) is 11.7 Å². The van der Waals surface area contributed by atoms with Gasteiger partial charge in [-0.15, -0.1) is 5.10 Å². The number of H-pyrrole nitrogens is 1. The van der Waals surface area contributed by atoms with Crippen molar-refractivity contribution < 1.29 is 22.7 Å². The number of amides is 1. The fourth-order valence-corrected chi connectivity index (χ4v) is 7.45. The van der Waals surface area contributed by atoms with E-state index in [-0.39, 0.29) is 46.8 Å². The van der Waals surface area contributed by atoms with Crippen LogP contribution in [0.3, 0.4) is 0 Å². The van der Waals surface area contributed by atoms with Crippen LogP contribution in [-0.2, 0) is 28.7 Å². The molecular formula is C34H39ClF3N9O4. The minimum absolute atomic E-state index is 0.0498. The first-order chi connectivity index (χ1) is 24.3. The smallest absolute Gasteiger partial charge is 0.377 e. The van der Waals surface area contributed by atoms with E-state index in [9.17, 15) is 27.6 Å². The first-order valence-electron chi connectivity index (χ1n) is 17.1. The van der Waals surface area contributed by atoms with Crippen LogP contribution in [0.15, 0.2) is 34.0 Å². The molecule has 2 aliphatic heterocycles. The van der Waals surface area contributed by atoms with Crippen molar-refractivity contribution in [2.45, 2.75) is 77.7 Å². The number of nitrogens with zero attached hydrogens (tertiary/aromatic N) is 7. The lowest BCUT2D eigenvalue weighted by atomic mass is 9.93. The Balaban J connectivity index is 1.24. The number of carbonyl (C=O) groups excluding carboxylic acids is 1. The van der Waals surface area contributed by atoms with Crippen LogP contribution in [0.5, 0.6) is 0 Å². The number of aromatic amines is 1. The lowest BCUT2D eigenvalue weighted by Gasteiger charge is -2.41. The van der Waals surface area contributed by atoms with Crippen LogP contribution in [0, 0.1) is 6.92 Å². The number of halogens is 4. The molecule has 4 aromatic rings. The number of alkyl halides is 3. The minimum atomic E-state index is -4.65. The quantitative estimate of drug-likeness (QED) is 0.264. The van der Waals surface area contributed by atoms with E-state index in [1.165, 1.54) is 11.4 Å². The van der Waals surface area contributed by atoms with Crippen LogP contribution in [-0.4, -0.2) is 73.7 Å². The topological polar surface area (TPSA) is 135 Å². The van der Waals surface area contributed by atoms with Gasteiger partial charge in [0.1, 0.15) is 17.9 Å². The molecule has 1 aliphatic carbocycles. The zero-order valence-electron chi connectivity index (χ0n) is 28.5. The van der Waals surface area contributed by atoms with E-state index in [1.54, 1.807) is 15.4 Å². The van der Waals surface area contributed by atoms with Gasteiger partial charge in [-0.25, -0.2) is 4.68 Å². The number of hydrogen-bond acceptors (Lipinski definition) is 8. The molecule has 1 amide bonds. The summed E-state index contributed by atoms with van der Waals surface area (Å²) >= 11 is 5.97. The molecule has 51 heavy (non-hydrogen) atoms. The fourth-order valence-electron chi connectivity index (χ4n) is 7.18. The molecule has 1 aromatic carbocycles. The number of carbonyl (C=O) groups is 1. The summed E-state index contributed by atoms with van der Waals surface area (Å²) in [5, 5.41) is 9.92. The summed E-state index contributed by atoms with van der Waals surface area (Å²) in [5.41, 5.74) is 1.23. The molecule has 0 bridgehead atoms. The average molecular weight is 730 g/mol. The van der Waals surface area contributed by atoms with Crippen LogP contribution in [0.2, 0.25) is 5.02 Å². The van der Waals surface area contributed by atoms with Crippen LogP contribution >= 0.6 is 11.6 Å². The Labute approximate surface area is 295 Å². The van der Waals surface area contributed by atoms with Gasteiger partial charge in [-0.2, -0.15) is 22.7 Å². The molecule has 3 aliphatic rings. The van der Waals surface area contributed by atoms with Gasteiger partial charge >= 0.3 is 6.18 Å². The number of benzene rings is 1. The molecule has 2 N–H and O–H groups in total. The summed E-state index contributed by atoms with van der Waals surface area (Å²) in [6, 6.07) is 2.04. The van der Waals surface area contributed by atoms with Crippen molar-refractivity contribution in [3.05, 3.63) is 72.8 Å². The fraction of sp³-hybridized carbons (Fsp3) is 0.500. The van der Waals surface area contributed by atoms with Gasteiger partial charge in [-0.05, 0) is 69.2 Å². The van der Waals surface area contributed by atoms with Crippen molar-refractivity contribution >= 4 is 45.9 Å². The van der Waals surface area contributed by atoms with Gasteiger partial charge in [-0.1, -0.05) is 24.6 Å².